The van der Waals surface area contributed by atoms with E-state index in [1.165, 1.54) is 29.2 Å². The number of Topliss-reactive ketones (excluding diaryl/α,β-unsaturated/α-hetero) is 1. The maximum atomic E-state index is 13.2. The number of nitro groups is 1. The van der Waals surface area contributed by atoms with E-state index in [0.29, 0.717) is 29.9 Å². The number of carbonyl (C=O) groups is 2. The normalized spacial score (nSPS) is 16.8. The third-order valence-electron chi connectivity index (χ3n) is 6.02. The van der Waals surface area contributed by atoms with Crippen LogP contribution in [-0.2, 0) is 16.0 Å². The predicted molar refractivity (Wildman–Crippen MR) is 134 cm³/mol. The number of aliphatic hydroxyl groups excluding tert-OH is 1. The van der Waals surface area contributed by atoms with Crippen LogP contribution in [-0.4, -0.2) is 39.8 Å². The molecule has 1 fully saturated rings. The second-order valence-corrected chi connectivity index (χ2v) is 8.45. The molecule has 3 aromatic carbocycles. The van der Waals surface area contributed by atoms with Gasteiger partial charge in [0.05, 0.1) is 23.1 Å². The minimum absolute atomic E-state index is 0.0606. The molecular weight excluding hydrogens is 460 g/mol. The number of rotatable bonds is 9. The molecule has 0 spiro atoms. The van der Waals surface area contributed by atoms with Crippen LogP contribution >= 0.6 is 0 Å². The lowest BCUT2D eigenvalue weighted by molar-refractivity contribution is -0.384. The highest BCUT2D eigenvalue weighted by atomic mass is 16.6. The number of ether oxygens (including phenoxy) is 1. The number of ketones is 1. The molecule has 0 bridgehead atoms. The van der Waals surface area contributed by atoms with Gasteiger partial charge in [-0.3, -0.25) is 19.7 Å². The van der Waals surface area contributed by atoms with Crippen molar-refractivity contribution < 1.29 is 24.4 Å². The summed E-state index contributed by atoms with van der Waals surface area (Å²) in [7, 11) is 0. The van der Waals surface area contributed by atoms with Crippen LogP contribution in [0, 0.1) is 10.1 Å². The van der Waals surface area contributed by atoms with Crippen LogP contribution in [0.1, 0.15) is 36.1 Å². The van der Waals surface area contributed by atoms with Crippen molar-refractivity contribution in [3.8, 4) is 5.75 Å². The Hall–Kier alpha value is -4.46. The highest BCUT2D eigenvalue weighted by Gasteiger charge is 2.46. The summed E-state index contributed by atoms with van der Waals surface area (Å²) in [4.78, 5) is 38.4. The fourth-order valence-electron chi connectivity index (χ4n) is 4.24. The van der Waals surface area contributed by atoms with E-state index in [1.807, 2.05) is 37.3 Å². The Balaban J connectivity index is 1.77. The lowest BCUT2D eigenvalue weighted by Gasteiger charge is -2.25. The first-order valence-electron chi connectivity index (χ1n) is 11.7. The number of benzene rings is 3. The molecule has 0 saturated carbocycles. The Morgan fingerprint density at radius 3 is 2.42 bits per heavy atom. The zero-order chi connectivity index (χ0) is 25.7. The summed E-state index contributed by atoms with van der Waals surface area (Å²) in [6, 6.07) is 21.0. The fraction of sp³-hybridized carbons (Fsp3) is 0.214. The number of nitro benzene ring substituents is 1. The van der Waals surface area contributed by atoms with E-state index in [4.69, 9.17) is 4.74 Å². The van der Waals surface area contributed by atoms with Gasteiger partial charge in [0.2, 0.25) is 0 Å². The monoisotopic (exact) mass is 486 g/mol. The lowest BCUT2D eigenvalue weighted by atomic mass is 9.95. The van der Waals surface area contributed by atoms with Gasteiger partial charge in [0.1, 0.15) is 11.5 Å². The Kier molecular flexibility index (Phi) is 7.44. The van der Waals surface area contributed by atoms with E-state index in [0.717, 1.165) is 12.0 Å². The van der Waals surface area contributed by atoms with Crippen LogP contribution in [0.2, 0.25) is 0 Å². The summed E-state index contributed by atoms with van der Waals surface area (Å²) in [6.45, 7) is 2.70. The number of carbonyl (C=O) groups excluding carboxylic acids is 2. The number of aliphatic hydroxyl groups is 1. The van der Waals surface area contributed by atoms with Gasteiger partial charge >= 0.3 is 0 Å². The second kappa shape index (κ2) is 10.9. The van der Waals surface area contributed by atoms with Gasteiger partial charge < -0.3 is 14.7 Å². The van der Waals surface area contributed by atoms with E-state index in [-0.39, 0.29) is 23.6 Å². The van der Waals surface area contributed by atoms with E-state index < -0.39 is 22.7 Å². The maximum absolute atomic E-state index is 13.2. The summed E-state index contributed by atoms with van der Waals surface area (Å²) in [5.74, 6) is -1.31. The number of non-ortho nitro benzene ring substituents is 1. The van der Waals surface area contributed by atoms with Crippen molar-refractivity contribution in [2.75, 3.05) is 13.2 Å². The lowest BCUT2D eigenvalue weighted by Crippen LogP contribution is -2.31. The molecule has 0 aromatic heterocycles. The van der Waals surface area contributed by atoms with Crippen molar-refractivity contribution in [3.05, 3.63) is 111 Å². The summed E-state index contributed by atoms with van der Waals surface area (Å²) < 4.78 is 5.65. The van der Waals surface area contributed by atoms with Crippen molar-refractivity contribution in [2.24, 2.45) is 0 Å². The topological polar surface area (TPSA) is 110 Å². The number of hydrogen-bond donors (Lipinski definition) is 1. The van der Waals surface area contributed by atoms with Gasteiger partial charge in [-0.2, -0.15) is 0 Å². The predicted octanol–water partition coefficient (Wildman–Crippen LogP) is 5.05. The van der Waals surface area contributed by atoms with Crippen LogP contribution in [0.5, 0.6) is 5.75 Å². The minimum Gasteiger partial charge on any atom is -0.507 e. The van der Waals surface area contributed by atoms with Gasteiger partial charge in [0.15, 0.2) is 0 Å². The second-order valence-electron chi connectivity index (χ2n) is 8.45. The van der Waals surface area contributed by atoms with Crippen molar-refractivity contribution >= 4 is 23.1 Å². The molecule has 1 aliphatic rings. The average Bonchev–Trinajstić information content (AvgIpc) is 3.16. The first kappa shape index (κ1) is 24.7. The highest BCUT2D eigenvalue weighted by molar-refractivity contribution is 6.46. The van der Waals surface area contributed by atoms with Crippen molar-refractivity contribution in [1.29, 1.82) is 0 Å². The molecular formula is C28H26N2O6. The zero-order valence-corrected chi connectivity index (χ0v) is 19.8. The minimum atomic E-state index is -0.894. The van der Waals surface area contributed by atoms with Crippen LogP contribution in [0.4, 0.5) is 5.69 Å². The van der Waals surface area contributed by atoms with Crippen LogP contribution < -0.4 is 4.74 Å². The molecule has 184 valence electrons. The Morgan fingerprint density at radius 1 is 1.03 bits per heavy atom. The molecule has 0 radical (unpaired) electrons. The SMILES string of the molecule is CCCOc1cccc(C(O)=C2C(=O)C(=O)N(CCc3ccccc3)C2c2ccc([N+](=O)[O-])cc2)c1. The highest BCUT2D eigenvalue weighted by Crippen LogP contribution is 2.40. The third kappa shape index (κ3) is 5.12. The van der Waals surface area contributed by atoms with E-state index in [9.17, 15) is 24.8 Å². The van der Waals surface area contributed by atoms with E-state index in [1.54, 1.807) is 24.3 Å². The maximum Gasteiger partial charge on any atom is 0.295 e. The number of likely N-dealkylation sites (tertiary alicyclic amines) is 1. The molecule has 3 aromatic rings. The van der Waals surface area contributed by atoms with Crippen LogP contribution in [0.3, 0.4) is 0 Å². The quantitative estimate of drug-likeness (QED) is 0.149. The van der Waals surface area contributed by atoms with Crippen molar-refractivity contribution in [2.45, 2.75) is 25.8 Å². The summed E-state index contributed by atoms with van der Waals surface area (Å²) in [5, 5.41) is 22.4. The van der Waals surface area contributed by atoms with Gasteiger partial charge in [-0.15, -0.1) is 0 Å². The Morgan fingerprint density at radius 2 is 1.75 bits per heavy atom. The molecule has 1 heterocycles. The molecule has 1 amide bonds. The van der Waals surface area contributed by atoms with E-state index in [2.05, 4.69) is 0 Å². The van der Waals surface area contributed by atoms with Gasteiger partial charge in [-0.1, -0.05) is 49.4 Å². The number of hydrogen-bond acceptors (Lipinski definition) is 6. The first-order chi connectivity index (χ1) is 17.4. The summed E-state index contributed by atoms with van der Waals surface area (Å²) in [6.07, 6.45) is 1.31. The molecule has 8 nitrogen and oxygen atoms in total. The zero-order valence-electron chi connectivity index (χ0n) is 19.8. The molecule has 1 unspecified atom stereocenters. The first-order valence-corrected chi connectivity index (χ1v) is 11.7. The van der Waals surface area contributed by atoms with Gasteiger partial charge in [0.25, 0.3) is 17.4 Å². The number of amides is 1. The molecule has 1 N–H and O–H groups in total. The molecule has 1 aliphatic heterocycles. The van der Waals surface area contributed by atoms with E-state index >= 15 is 0 Å². The molecule has 0 aliphatic carbocycles. The molecule has 8 heteroatoms. The Labute approximate surface area is 208 Å². The van der Waals surface area contributed by atoms with Crippen molar-refractivity contribution in [3.63, 3.8) is 0 Å². The number of nitrogens with zero attached hydrogens (tertiary/aromatic N) is 2. The standard InChI is InChI=1S/C28H26N2O6/c1-2-17-36-23-10-6-9-21(18-23)26(31)24-25(20-11-13-22(14-12-20)30(34)35)29(28(33)27(24)32)16-15-19-7-4-3-5-8-19/h3-14,18,25,31H,2,15-17H2,1H3. The summed E-state index contributed by atoms with van der Waals surface area (Å²) >= 11 is 0. The van der Waals surface area contributed by atoms with Gasteiger partial charge in [0, 0.05) is 24.2 Å². The van der Waals surface area contributed by atoms with Crippen LogP contribution in [0.25, 0.3) is 5.76 Å². The van der Waals surface area contributed by atoms with Crippen molar-refractivity contribution in [1.82, 2.24) is 4.90 Å². The van der Waals surface area contributed by atoms with Gasteiger partial charge in [-0.25, -0.2) is 0 Å². The third-order valence-corrected chi connectivity index (χ3v) is 6.02. The smallest absolute Gasteiger partial charge is 0.295 e. The molecule has 1 atom stereocenters. The fourth-order valence-corrected chi connectivity index (χ4v) is 4.24. The molecule has 1 saturated heterocycles. The van der Waals surface area contributed by atoms with Gasteiger partial charge in [-0.05, 0) is 48.2 Å². The molecule has 36 heavy (non-hydrogen) atoms. The molecule has 4 rings (SSSR count). The van der Waals surface area contributed by atoms with Crippen LogP contribution in [0.15, 0.2) is 84.4 Å². The average molecular weight is 487 g/mol. The summed E-state index contributed by atoms with van der Waals surface area (Å²) in [5.41, 5.74) is 1.65. The Bertz CT molecular complexity index is 1300. The largest absolute Gasteiger partial charge is 0.507 e.